The molecular formula is C13H23N3O. The van der Waals surface area contributed by atoms with Gasteiger partial charge >= 0.3 is 0 Å². The molecule has 0 spiro atoms. The van der Waals surface area contributed by atoms with E-state index >= 15 is 0 Å². The Labute approximate surface area is 104 Å². The van der Waals surface area contributed by atoms with Gasteiger partial charge in [-0.25, -0.2) is 4.98 Å². The molecule has 0 aliphatic heterocycles. The van der Waals surface area contributed by atoms with Gasteiger partial charge in [0.05, 0.1) is 6.61 Å². The molecule has 0 fully saturated rings. The highest BCUT2D eigenvalue weighted by Crippen LogP contribution is 2.07. The largest absolute Gasteiger partial charge is 0.380 e. The van der Waals surface area contributed by atoms with Gasteiger partial charge in [-0.2, -0.15) is 0 Å². The summed E-state index contributed by atoms with van der Waals surface area (Å²) in [7, 11) is 1.88. The molecule has 0 aliphatic carbocycles. The first kappa shape index (κ1) is 13.9. The van der Waals surface area contributed by atoms with Crippen LogP contribution in [0.1, 0.15) is 19.4 Å². The quantitative estimate of drug-likeness (QED) is 0.702. The van der Waals surface area contributed by atoms with Gasteiger partial charge in [0.25, 0.3) is 0 Å². The van der Waals surface area contributed by atoms with Crippen LogP contribution < -0.4 is 5.32 Å². The maximum atomic E-state index is 5.37. The molecule has 0 amide bonds. The maximum Gasteiger partial charge on any atom is 0.125 e. The summed E-state index contributed by atoms with van der Waals surface area (Å²) in [6, 6.07) is 4.12. The Kier molecular flexibility index (Phi) is 6.58. The molecule has 17 heavy (non-hydrogen) atoms. The Bertz CT molecular complexity index is 300. The topological polar surface area (TPSA) is 37.4 Å². The summed E-state index contributed by atoms with van der Waals surface area (Å²) in [5, 5.41) is 3.02. The highest BCUT2D eigenvalue weighted by Gasteiger charge is 2.03. The second-order valence-corrected chi connectivity index (χ2v) is 3.87. The molecule has 4 heteroatoms. The highest BCUT2D eigenvalue weighted by molar-refractivity contribution is 5.34. The fourth-order valence-electron chi connectivity index (χ4n) is 1.61. The van der Waals surface area contributed by atoms with E-state index in [1.165, 1.54) is 5.56 Å². The SMILES string of the molecule is CCOCCN(CC)Cc1ccc(NC)nc1. The molecule has 0 saturated carbocycles. The minimum Gasteiger partial charge on any atom is -0.380 e. The summed E-state index contributed by atoms with van der Waals surface area (Å²) < 4.78 is 5.37. The Morgan fingerprint density at radius 3 is 2.71 bits per heavy atom. The van der Waals surface area contributed by atoms with Crippen LogP contribution in [-0.4, -0.2) is 43.2 Å². The third-order valence-corrected chi connectivity index (χ3v) is 2.69. The Morgan fingerprint density at radius 1 is 1.35 bits per heavy atom. The third kappa shape index (κ3) is 5.15. The van der Waals surface area contributed by atoms with E-state index in [4.69, 9.17) is 4.74 Å². The molecule has 1 aromatic rings. The van der Waals surface area contributed by atoms with E-state index in [0.29, 0.717) is 0 Å². The van der Waals surface area contributed by atoms with Crippen molar-refractivity contribution in [3.05, 3.63) is 23.9 Å². The third-order valence-electron chi connectivity index (χ3n) is 2.69. The number of nitrogens with one attached hydrogen (secondary N) is 1. The molecule has 1 heterocycles. The Balaban J connectivity index is 2.43. The number of anilines is 1. The number of rotatable bonds is 8. The predicted octanol–water partition coefficient (Wildman–Crippen LogP) is 1.98. The zero-order valence-corrected chi connectivity index (χ0v) is 11.1. The predicted molar refractivity (Wildman–Crippen MR) is 71.2 cm³/mol. The number of hydrogen-bond acceptors (Lipinski definition) is 4. The fraction of sp³-hybridized carbons (Fsp3) is 0.615. The summed E-state index contributed by atoms with van der Waals surface area (Å²) in [6.07, 6.45) is 1.93. The second kappa shape index (κ2) is 8.03. The molecule has 96 valence electrons. The van der Waals surface area contributed by atoms with Crippen molar-refractivity contribution in [3.8, 4) is 0 Å². The molecule has 0 aromatic carbocycles. The molecule has 0 unspecified atom stereocenters. The van der Waals surface area contributed by atoms with E-state index in [9.17, 15) is 0 Å². The molecule has 0 bridgehead atoms. The molecule has 1 N–H and O–H groups in total. The average molecular weight is 237 g/mol. The van der Waals surface area contributed by atoms with Crippen LogP contribution in [-0.2, 0) is 11.3 Å². The molecule has 0 aliphatic rings. The van der Waals surface area contributed by atoms with Crippen molar-refractivity contribution in [3.63, 3.8) is 0 Å². The van der Waals surface area contributed by atoms with E-state index in [0.717, 1.165) is 38.7 Å². The van der Waals surface area contributed by atoms with Crippen molar-refractivity contribution in [2.75, 3.05) is 38.7 Å². The first-order valence-corrected chi connectivity index (χ1v) is 6.22. The normalized spacial score (nSPS) is 10.8. The first-order valence-electron chi connectivity index (χ1n) is 6.22. The van der Waals surface area contributed by atoms with E-state index < -0.39 is 0 Å². The minimum absolute atomic E-state index is 0.788. The standard InChI is InChI=1S/C13H23N3O/c1-4-16(8-9-17-5-2)11-12-6-7-13(14-3)15-10-12/h6-7,10H,4-5,8-9,11H2,1-3H3,(H,14,15). The van der Waals surface area contributed by atoms with Crippen LogP contribution in [0.4, 0.5) is 5.82 Å². The van der Waals surface area contributed by atoms with Crippen LogP contribution in [0.3, 0.4) is 0 Å². The summed E-state index contributed by atoms with van der Waals surface area (Å²) in [5.74, 6) is 0.908. The van der Waals surface area contributed by atoms with E-state index in [2.05, 4.69) is 28.2 Å². The van der Waals surface area contributed by atoms with Crippen LogP contribution in [0.25, 0.3) is 0 Å². The fourth-order valence-corrected chi connectivity index (χ4v) is 1.61. The zero-order chi connectivity index (χ0) is 12.5. The van der Waals surface area contributed by atoms with Crippen LogP contribution in [0.5, 0.6) is 0 Å². The van der Waals surface area contributed by atoms with Gasteiger partial charge in [0.2, 0.25) is 0 Å². The number of aromatic nitrogens is 1. The van der Waals surface area contributed by atoms with E-state index in [1.807, 2.05) is 26.2 Å². The van der Waals surface area contributed by atoms with Crippen molar-refractivity contribution in [1.82, 2.24) is 9.88 Å². The summed E-state index contributed by atoms with van der Waals surface area (Å²) >= 11 is 0. The van der Waals surface area contributed by atoms with E-state index in [-0.39, 0.29) is 0 Å². The molecule has 1 aromatic heterocycles. The molecule has 0 radical (unpaired) electrons. The smallest absolute Gasteiger partial charge is 0.125 e. The van der Waals surface area contributed by atoms with Crippen LogP contribution in [0, 0.1) is 0 Å². The molecule has 0 saturated heterocycles. The summed E-state index contributed by atoms with van der Waals surface area (Å²) in [6.45, 7) is 8.71. The van der Waals surface area contributed by atoms with Crippen LogP contribution in [0.2, 0.25) is 0 Å². The maximum absolute atomic E-state index is 5.37. The van der Waals surface area contributed by atoms with Crippen molar-refractivity contribution in [1.29, 1.82) is 0 Å². The lowest BCUT2D eigenvalue weighted by molar-refractivity contribution is 0.113. The number of hydrogen-bond donors (Lipinski definition) is 1. The first-order chi connectivity index (χ1) is 8.30. The van der Waals surface area contributed by atoms with Crippen LogP contribution in [0.15, 0.2) is 18.3 Å². The van der Waals surface area contributed by atoms with Crippen molar-refractivity contribution in [2.45, 2.75) is 20.4 Å². The van der Waals surface area contributed by atoms with Gasteiger partial charge in [0, 0.05) is 32.9 Å². The lowest BCUT2D eigenvalue weighted by atomic mass is 10.2. The highest BCUT2D eigenvalue weighted by atomic mass is 16.5. The number of nitrogens with zero attached hydrogens (tertiary/aromatic N) is 2. The van der Waals surface area contributed by atoms with Gasteiger partial charge in [-0.05, 0) is 25.1 Å². The zero-order valence-electron chi connectivity index (χ0n) is 11.1. The Hall–Kier alpha value is -1.13. The van der Waals surface area contributed by atoms with Gasteiger partial charge in [-0.15, -0.1) is 0 Å². The summed E-state index contributed by atoms with van der Waals surface area (Å²) in [4.78, 5) is 6.66. The second-order valence-electron chi connectivity index (χ2n) is 3.87. The molecule has 0 atom stereocenters. The van der Waals surface area contributed by atoms with Gasteiger partial charge in [0.15, 0.2) is 0 Å². The summed E-state index contributed by atoms with van der Waals surface area (Å²) in [5.41, 5.74) is 1.24. The van der Waals surface area contributed by atoms with Crippen molar-refractivity contribution in [2.24, 2.45) is 0 Å². The van der Waals surface area contributed by atoms with Crippen molar-refractivity contribution < 1.29 is 4.74 Å². The molecule has 1 rings (SSSR count). The number of pyridine rings is 1. The van der Waals surface area contributed by atoms with Crippen LogP contribution >= 0.6 is 0 Å². The van der Waals surface area contributed by atoms with E-state index in [1.54, 1.807) is 0 Å². The lowest BCUT2D eigenvalue weighted by Crippen LogP contribution is -2.27. The minimum atomic E-state index is 0.788. The van der Waals surface area contributed by atoms with Gasteiger partial charge in [0.1, 0.15) is 5.82 Å². The monoisotopic (exact) mass is 237 g/mol. The van der Waals surface area contributed by atoms with Crippen molar-refractivity contribution >= 4 is 5.82 Å². The van der Waals surface area contributed by atoms with Gasteiger partial charge in [-0.1, -0.05) is 13.0 Å². The Morgan fingerprint density at radius 2 is 2.18 bits per heavy atom. The van der Waals surface area contributed by atoms with Gasteiger partial charge < -0.3 is 10.1 Å². The number of ether oxygens (including phenoxy) is 1. The molecular weight excluding hydrogens is 214 g/mol. The lowest BCUT2D eigenvalue weighted by Gasteiger charge is -2.20. The average Bonchev–Trinajstić information content (AvgIpc) is 2.38. The van der Waals surface area contributed by atoms with Gasteiger partial charge in [-0.3, -0.25) is 4.90 Å². The number of likely N-dealkylation sites (N-methyl/N-ethyl adjacent to an activating group) is 1. The molecule has 4 nitrogen and oxygen atoms in total.